The van der Waals surface area contributed by atoms with Crippen molar-refractivity contribution in [3.63, 3.8) is 0 Å². The number of rotatable bonds is 4. The number of nitrogens with one attached hydrogen (secondary N) is 1. The number of hydrogen-bond acceptors (Lipinski definition) is 2. The minimum Gasteiger partial charge on any atom is -0.322 e. The average molecular weight is 386 g/mol. The maximum absolute atomic E-state index is 12.7. The molecule has 2 amide bonds. The summed E-state index contributed by atoms with van der Waals surface area (Å²) in [7, 11) is 0. The SMILES string of the molecule is CC(c1ccccc1)N1CCN(C(=O)Nc2ccc(-c3ccccc3)cc2)CC1. The van der Waals surface area contributed by atoms with E-state index in [1.807, 2.05) is 53.4 Å². The van der Waals surface area contributed by atoms with Gasteiger partial charge in [-0.1, -0.05) is 72.8 Å². The van der Waals surface area contributed by atoms with Gasteiger partial charge in [0.15, 0.2) is 0 Å². The topological polar surface area (TPSA) is 35.6 Å². The van der Waals surface area contributed by atoms with Gasteiger partial charge in [0, 0.05) is 37.9 Å². The lowest BCUT2D eigenvalue weighted by Gasteiger charge is -2.38. The third-order valence-corrected chi connectivity index (χ3v) is 5.67. The molecule has 0 radical (unpaired) electrons. The molecule has 3 aromatic carbocycles. The number of piperazine rings is 1. The number of anilines is 1. The molecule has 4 heteroatoms. The van der Waals surface area contributed by atoms with E-state index in [0.717, 1.165) is 37.4 Å². The molecule has 1 atom stereocenters. The Balaban J connectivity index is 1.31. The van der Waals surface area contributed by atoms with Crippen molar-refractivity contribution in [2.24, 2.45) is 0 Å². The van der Waals surface area contributed by atoms with Crippen LogP contribution in [0.25, 0.3) is 11.1 Å². The molecule has 0 saturated carbocycles. The van der Waals surface area contributed by atoms with E-state index >= 15 is 0 Å². The zero-order valence-corrected chi connectivity index (χ0v) is 16.8. The number of hydrogen-bond donors (Lipinski definition) is 1. The quantitative estimate of drug-likeness (QED) is 0.664. The van der Waals surface area contributed by atoms with E-state index in [4.69, 9.17) is 0 Å². The van der Waals surface area contributed by atoms with E-state index in [0.29, 0.717) is 6.04 Å². The van der Waals surface area contributed by atoms with E-state index in [1.54, 1.807) is 0 Å². The van der Waals surface area contributed by atoms with Crippen molar-refractivity contribution in [1.29, 1.82) is 0 Å². The Kier molecular flexibility index (Phi) is 5.92. The van der Waals surface area contributed by atoms with E-state index in [1.165, 1.54) is 11.1 Å². The van der Waals surface area contributed by atoms with Crippen LogP contribution in [0.3, 0.4) is 0 Å². The second-order valence-electron chi connectivity index (χ2n) is 7.48. The van der Waals surface area contributed by atoms with E-state index < -0.39 is 0 Å². The highest BCUT2D eigenvalue weighted by Gasteiger charge is 2.24. The summed E-state index contributed by atoms with van der Waals surface area (Å²) < 4.78 is 0. The fourth-order valence-electron chi connectivity index (χ4n) is 3.83. The molecule has 4 nitrogen and oxygen atoms in total. The number of urea groups is 1. The second-order valence-corrected chi connectivity index (χ2v) is 7.48. The van der Waals surface area contributed by atoms with Crippen LogP contribution in [-0.2, 0) is 0 Å². The van der Waals surface area contributed by atoms with Crippen LogP contribution in [0.2, 0.25) is 0 Å². The smallest absolute Gasteiger partial charge is 0.321 e. The number of nitrogens with zero attached hydrogens (tertiary/aromatic N) is 2. The Hall–Kier alpha value is -3.11. The highest BCUT2D eigenvalue weighted by Crippen LogP contribution is 2.23. The molecule has 1 saturated heterocycles. The summed E-state index contributed by atoms with van der Waals surface area (Å²) in [5.74, 6) is 0. The number of amides is 2. The first-order valence-corrected chi connectivity index (χ1v) is 10.2. The zero-order chi connectivity index (χ0) is 20.1. The summed E-state index contributed by atoms with van der Waals surface area (Å²) in [5.41, 5.74) is 4.47. The van der Waals surface area contributed by atoms with Crippen LogP contribution in [0, 0.1) is 0 Å². The molecule has 0 spiro atoms. The van der Waals surface area contributed by atoms with E-state index in [9.17, 15) is 4.79 Å². The van der Waals surface area contributed by atoms with Gasteiger partial charge in [0.05, 0.1) is 0 Å². The minimum absolute atomic E-state index is 0.0236. The highest BCUT2D eigenvalue weighted by atomic mass is 16.2. The third-order valence-electron chi connectivity index (χ3n) is 5.67. The molecular formula is C25H27N3O. The normalized spacial score (nSPS) is 15.7. The Bertz CT molecular complexity index is 917. The van der Waals surface area contributed by atoms with Gasteiger partial charge in [-0.2, -0.15) is 0 Å². The first-order valence-electron chi connectivity index (χ1n) is 10.2. The summed E-state index contributed by atoms with van der Waals surface area (Å²) in [5, 5.41) is 3.03. The van der Waals surface area contributed by atoms with Crippen LogP contribution in [0.15, 0.2) is 84.9 Å². The molecule has 1 heterocycles. The molecule has 1 aliphatic heterocycles. The molecule has 29 heavy (non-hydrogen) atoms. The van der Waals surface area contributed by atoms with Gasteiger partial charge in [-0.3, -0.25) is 4.90 Å². The van der Waals surface area contributed by atoms with Crippen molar-refractivity contribution in [2.45, 2.75) is 13.0 Å². The molecule has 1 aliphatic rings. The maximum atomic E-state index is 12.7. The summed E-state index contributed by atoms with van der Waals surface area (Å²) in [6.45, 7) is 5.49. The van der Waals surface area contributed by atoms with E-state index in [2.05, 4.69) is 53.5 Å². The van der Waals surface area contributed by atoms with Crippen molar-refractivity contribution < 1.29 is 4.79 Å². The fraction of sp³-hybridized carbons (Fsp3) is 0.240. The van der Waals surface area contributed by atoms with Crippen LogP contribution < -0.4 is 5.32 Å². The maximum Gasteiger partial charge on any atom is 0.321 e. The summed E-state index contributed by atoms with van der Waals surface area (Å²) in [6.07, 6.45) is 0. The molecule has 0 aromatic heterocycles. The van der Waals surface area contributed by atoms with Crippen LogP contribution in [0.1, 0.15) is 18.5 Å². The zero-order valence-electron chi connectivity index (χ0n) is 16.8. The Morgan fingerprint density at radius 1 is 0.759 bits per heavy atom. The predicted octanol–water partition coefficient (Wildman–Crippen LogP) is 5.26. The lowest BCUT2D eigenvalue weighted by molar-refractivity contribution is 0.119. The van der Waals surface area contributed by atoms with Gasteiger partial charge in [-0.15, -0.1) is 0 Å². The predicted molar refractivity (Wildman–Crippen MR) is 119 cm³/mol. The molecule has 4 rings (SSSR count). The van der Waals surface area contributed by atoms with Crippen molar-refractivity contribution in [2.75, 3.05) is 31.5 Å². The number of benzene rings is 3. The standard InChI is InChI=1S/C25H27N3O/c1-20(21-8-4-2-5-9-21)27-16-18-28(19-17-27)25(29)26-24-14-12-23(13-15-24)22-10-6-3-7-11-22/h2-15,20H,16-19H2,1H3,(H,26,29). The monoisotopic (exact) mass is 385 g/mol. The summed E-state index contributed by atoms with van der Waals surface area (Å²) in [4.78, 5) is 17.0. The van der Waals surface area contributed by atoms with Crippen molar-refractivity contribution in [1.82, 2.24) is 9.80 Å². The average Bonchev–Trinajstić information content (AvgIpc) is 2.80. The molecule has 1 unspecified atom stereocenters. The number of carbonyl (C=O) groups is 1. The highest BCUT2D eigenvalue weighted by molar-refractivity contribution is 5.89. The van der Waals surface area contributed by atoms with Gasteiger partial charge in [0.1, 0.15) is 0 Å². The van der Waals surface area contributed by atoms with Gasteiger partial charge >= 0.3 is 6.03 Å². The largest absolute Gasteiger partial charge is 0.322 e. The third kappa shape index (κ3) is 4.66. The van der Waals surface area contributed by atoms with E-state index in [-0.39, 0.29) is 6.03 Å². The van der Waals surface area contributed by atoms with Crippen LogP contribution in [-0.4, -0.2) is 42.0 Å². The van der Waals surface area contributed by atoms with Crippen molar-refractivity contribution in [3.05, 3.63) is 90.5 Å². The first-order chi connectivity index (χ1) is 14.2. The first kappa shape index (κ1) is 19.2. The lowest BCUT2D eigenvalue weighted by Crippen LogP contribution is -2.50. The summed E-state index contributed by atoms with van der Waals surface area (Å²) in [6, 6.07) is 29.2. The lowest BCUT2D eigenvalue weighted by atomic mass is 10.1. The van der Waals surface area contributed by atoms with Gasteiger partial charge in [-0.25, -0.2) is 4.79 Å². The Morgan fingerprint density at radius 2 is 1.31 bits per heavy atom. The van der Waals surface area contributed by atoms with Crippen LogP contribution in [0.4, 0.5) is 10.5 Å². The molecule has 0 aliphatic carbocycles. The van der Waals surface area contributed by atoms with Crippen molar-refractivity contribution >= 4 is 11.7 Å². The minimum atomic E-state index is -0.0236. The second kappa shape index (κ2) is 8.93. The van der Waals surface area contributed by atoms with Crippen molar-refractivity contribution in [3.8, 4) is 11.1 Å². The molecule has 3 aromatic rings. The van der Waals surface area contributed by atoms with Crippen LogP contribution >= 0.6 is 0 Å². The Morgan fingerprint density at radius 3 is 1.93 bits per heavy atom. The Labute approximate surface area is 172 Å². The van der Waals surface area contributed by atoms with Crippen LogP contribution in [0.5, 0.6) is 0 Å². The molecular weight excluding hydrogens is 358 g/mol. The van der Waals surface area contributed by atoms with Gasteiger partial charge in [-0.05, 0) is 35.7 Å². The molecule has 148 valence electrons. The molecule has 0 bridgehead atoms. The van der Waals surface area contributed by atoms with Gasteiger partial charge in [0.2, 0.25) is 0 Å². The van der Waals surface area contributed by atoms with Gasteiger partial charge in [0.25, 0.3) is 0 Å². The fourth-order valence-corrected chi connectivity index (χ4v) is 3.83. The summed E-state index contributed by atoms with van der Waals surface area (Å²) >= 11 is 0. The number of carbonyl (C=O) groups excluding carboxylic acids is 1. The molecule has 1 N–H and O–H groups in total. The molecule has 1 fully saturated rings. The van der Waals surface area contributed by atoms with Gasteiger partial charge < -0.3 is 10.2 Å².